The van der Waals surface area contributed by atoms with E-state index in [2.05, 4.69) is 36.0 Å². The van der Waals surface area contributed by atoms with Crippen LogP contribution in [0.3, 0.4) is 0 Å². The van der Waals surface area contributed by atoms with E-state index < -0.39 is 0 Å². The van der Waals surface area contributed by atoms with Crippen molar-refractivity contribution in [1.29, 1.82) is 0 Å². The number of nitrogens with one attached hydrogen (secondary N) is 1. The Morgan fingerprint density at radius 1 is 1.41 bits per heavy atom. The maximum absolute atomic E-state index is 5.76. The molecule has 1 rings (SSSR count). The smallest absolute Gasteiger partial charge is 0.0401 e. The van der Waals surface area contributed by atoms with Gasteiger partial charge in [-0.2, -0.15) is 0 Å². The van der Waals surface area contributed by atoms with E-state index in [1.807, 2.05) is 6.92 Å². The highest BCUT2D eigenvalue weighted by Gasteiger charge is 2.38. The van der Waals surface area contributed by atoms with Gasteiger partial charge in [-0.25, -0.2) is 0 Å². The molecule has 3 heteroatoms. The van der Waals surface area contributed by atoms with Crippen molar-refractivity contribution in [3.05, 3.63) is 0 Å². The molecule has 1 aliphatic heterocycles. The molecule has 0 aromatic carbocycles. The van der Waals surface area contributed by atoms with Crippen molar-refractivity contribution in [2.24, 2.45) is 5.84 Å². The topological polar surface area (TPSA) is 41.3 Å². The predicted molar refractivity (Wildman–Crippen MR) is 73.3 cm³/mol. The number of rotatable bonds is 6. The molecule has 1 fully saturated rings. The number of likely N-dealkylation sites (tertiary alicyclic amines) is 1. The van der Waals surface area contributed by atoms with Crippen molar-refractivity contribution >= 4 is 0 Å². The molecular formula is C14H27N3. The molecule has 3 nitrogen and oxygen atoms in total. The minimum atomic E-state index is 0.167. The molecule has 0 saturated carbocycles. The monoisotopic (exact) mass is 237 g/mol. The van der Waals surface area contributed by atoms with Crippen LogP contribution < -0.4 is 11.3 Å². The van der Waals surface area contributed by atoms with E-state index in [1.165, 1.54) is 25.9 Å². The molecule has 0 aromatic heterocycles. The molecule has 3 N–H and O–H groups in total. The van der Waals surface area contributed by atoms with Gasteiger partial charge in [-0.1, -0.05) is 6.92 Å². The van der Waals surface area contributed by atoms with Crippen molar-refractivity contribution in [1.82, 2.24) is 10.3 Å². The van der Waals surface area contributed by atoms with E-state index in [0.29, 0.717) is 6.04 Å². The molecule has 0 bridgehead atoms. The van der Waals surface area contributed by atoms with Crippen LogP contribution >= 0.6 is 0 Å². The molecule has 1 aliphatic rings. The van der Waals surface area contributed by atoms with Crippen LogP contribution in [0.2, 0.25) is 0 Å². The second-order valence-electron chi connectivity index (χ2n) is 5.09. The summed E-state index contributed by atoms with van der Waals surface area (Å²) in [5, 5.41) is 0. The second kappa shape index (κ2) is 7.00. The number of hydrazine groups is 1. The first kappa shape index (κ1) is 14.5. The molecule has 0 radical (unpaired) electrons. The average molecular weight is 237 g/mol. The van der Waals surface area contributed by atoms with Crippen molar-refractivity contribution < 1.29 is 0 Å². The van der Waals surface area contributed by atoms with Crippen LogP contribution in [0.4, 0.5) is 0 Å². The van der Waals surface area contributed by atoms with E-state index in [1.54, 1.807) is 0 Å². The molecule has 98 valence electrons. The van der Waals surface area contributed by atoms with Crippen molar-refractivity contribution in [2.45, 2.75) is 64.5 Å². The predicted octanol–water partition coefficient (Wildman–Crippen LogP) is 1.89. The Balaban J connectivity index is 2.67. The summed E-state index contributed by atoms with van der Waals surface area (Å²) in [6.45, 7) is 8.91. The lowest BCUT2D eigenvalue weighted by molar-refractivity contribution is 0.0810. The SMILES string of the molecule is CC#CCCC(NN)C(C)(CC)N1CCCC1. The third-order valence-electron chi connectivity index (χ3n) is 4.23. The van der Waals surface area contributed by atoms with Gasteiger partial charge in [0.15, 0.2) is 0 Å². The minimum Gasteiger partial charge on any atom is -0.296 e. The molecular weight excluding hydrogens is 210 g/mol. The van der Waals surface area contributed by atoms with E-state index in [-0.39, 0.29) is 5.54 Å². The molecule has 2 atom stereocenters. The highest BCUT2D eigenvalue weighted by atomic mass is 15.3. The number of nitrogens with zero attached hydrogens (tertiary/aromatic N) is 1. The second-order valence-corrected chi connectivity index (χ2v) is 5.09. The van der Waals surface area contributed by atoms with Crippen molar-refractivity contribution in [3.8, 4) is 11.8 Å². The fraction of sp³-hybridized carbons (Fsp3) is 0.857. The summed E-state index contributed by atoms with van der Waals surface area (Å²) in [6, 6.07) is 0.325. The van der Waals surface area contributed by atoms with Gasteiger partial charge in [0.2, 0.25) is 0 Å². The van der Waals surface area contributed by atoms with Crippen LogP contribution in [-0.2, 0) is 0 Å². The fourth-order valence-electron chi connectivity index (χ4n) is 2.83. The van der Waals surface area contributed by atoms with Gasteiger partial charge in [-0.15, -0.1) is 11.8 Å². The molecule has 2 unspecified atom stereocenters. The summed E-state index contributed by atoms with van der Waals surface area (Å²) in [7, 11) is 0. The van der Waals surface area contributed by atoms with Gasteiger partial charge in [0.1, 0.15) is 0 Å². The highest BCUT2D eigenvalue weighted by molar-refractivity contribution is 5.01. The van der Waals surface area contributed by atoms with E-state index in [9.17, 15) is 0 Å². The van der Waals surface area contributed by atoms with Crippen LogP contribution in [0.15, 0.2) is 0 Å². The summed E-state index contributed by atoms with van der Waals surface area (Å²) in [4.78, 5) is 2.59. The first-order valence-corrected chi connectivity index (χ1v) is 6.79. The number of hydrogen-bond donors (Lipinski definition) is 2. The van der Waals surface area contributed by atoms with Gasteiger partial charge in [0, 0.05) is 18.0 Å². The maximum Gasteiger partial charge on any atom is 0.0401 e. The lowest BCUT2D eigenvalue weighted by Crippen LogP contribution is -2.60. The zero-order valence-electron chi connectivity index (χ0n) is 11.6. The summed E-state index contributed by atoms with van der Waals surface area (Å²) in [5.41, 5.74) is 3.19. The molecule has 0 aromatic rings. The van der Waals surface area contributed by atoms with Crippen LogP contribution in [0, 0.1) is 11.8 Å². The highest BCUT2D eigenvalue weighted by Crippen LogP contribution is 2.29. The van der Waals surface area contributed by atoms with Gasteiger partial charge in [-0.05, 0) is 52.6 Å². The van der Waals surface area contributed by atoms with Gasteiger partial charge >= 0.3 is 0 Å². The normalized spacial score (nSPS) is 21.6. The quantitative estimate of drug-likeness (QED) is 0.421. The van der Waals surface area contributed by atoms with Gasteiger partial charge in [-0.3, -0.25) is 16.2 Å². The lowest BCUT2D eigenvalue weighted by Gasteiger charge is -2.44. The standard InChI is InChI=1S/C14H27N3/c1-4-6-7-10-13(16-15)14(3,5-2)17-11-8-9-12-17/h13,16H,5,7-12,15H2,1-3H3. The van der Waals surface area contributed by atoms with Crippen LogP contribution in [0.1, 0.15) is 52.9 Å². The summed E-state index contributed by atoms with van der Waals surface area (Å²) in [5.74, 6) is 11.8. The Kier molecular flexibility index (Phi) is 5.97. The average Bonchev–Trinajstić information content (AvgIpc) is 2.88. The number of hydrogen-bond acceptors (Lipinski definition) is 3. The van der Waals surface area contributed by atoms with Crippen LogP contribution in [-0.4, -0.2) is 29.6 Å². The van der Waals surface area contributed by atoms with Crippen LogP contribution in [0.5, 0.6) is 0 Å². The summed E-state index contributed by atoms with van der Waals surface area (Å²) in [6.07, 6.45) is 5.72. The Bertz CT molecular complexity index is 273. The molecule has 17 heavy (non-hydrogen) atoms. The molecule has 0 amide bonds. The van der Waals surface area contributed by atoms with E-state index in [0.717, 1.165) is 19.3 Å². The Labute approximate surface area is 106 Å². The first-order chi connectivity index (χ1) is 8.19. The van der Waals surface area contributed by atoms with Crippen LogP contribution in [0.25, 0.3) is 0 Å². The largest absolute Gasteiger partial charge is 0.296 e. The Morgan fingerprint density at radius 2 is 2.06 bits per heavy atom. The van der Waals surface area contributed by atoms with E-state index >= 15 is 0 Å². The molecule has 0 aliphatic carbocycles. The molecule has 1 saturated heterocycles. The van der Waals surface area contributed by atoms with Gasteiger partial charge in [0.25, 0.3) is 0 Å². The van der Waals surface area contributed by atoms with Gasteiger partial charge < -0.3 is 0 Å². The Hall–Kier alpha value is -0.560. The third-order valence-corrected chi connectivity index (χ3v) is 4.23. The number of nitrogens with two attached hydrogens (primary N) is 1. The van der Waals surface area contributed by atoms with E-state index in [4.69, 9.17) is 5.84 Å². The Morgan fingerprint density at radius 3 is 2.53 bits per heavy atom. The van der Waals surface area contributed by atoms with Gasteiger partial charge in [0.05, 0.1) is 0 Å². The fourth-order valence-corrected chi connectivity index (χ4v) is 2.83. The first-order valence-electron chi connectivity index (χ1n) is 6.79. The third kappa shape index (κ3) is 3.45. The molecule has 1 heterocycles. The van der Waals surface area contributed by atoms with Crippen molar-refractivity contribution in [3.63, 3.8) is 0 Å². The van der Waals surface area contributed by atoms with Crippen molar-refractivity contribution in [2.75, 3.05) is 13.1 Å². The minimum absolute atomic E-state index is 0.167. The summed E-state index contributed by atoms with van der Waals surface area (Å²) >= 11 is 0. The zero-order valence-corrected chi connectivity index (χ0v) is 11.6. The lowest BCUT2D eigenvalue weighted by atomic mass is 9.85. The zero-order chi connectivity index (χ0) is 12.7. The molecule has 0 spiro atoms. The summed E-state index contributed by atoms with van der Waals surface area (Å²) < 4.78 is 0. The maximum atomic E-state index is 5.76.